The maximum Gasteiger partial charge on any atom is 0.310 e. The van der Waals surface area contributed by atoms with Crippen LogP contribution in [0.25, 0.3) is 14.7 Å². The molecule has 4 heterocycles. The number of esters is 2. The third kappa shape index (κ3) is 8.40. The molecule has 0 radical (unpaired) electrons. The molecule has 0 amide bonds. The molecule has 0 saturated heterocycles. The molecular formula is C42H54O4S4. The summed E-state index contributed by atoms with van der Waals surface area (Å²) in [6.07, 6.45) is 8.55. The molecule has 3 aromatic rings. The van der Waals surface area contributed by atoms with E-state index in [1.165, 1.54) is 34.2 Å². The van der Waals surface area contributed by atoms with Crippen LogP contribution in [0.4, 0.5) is 0 Å². The van der Waals surface area contributed by atoms with Crippen LogP contribution in [0, 0.1) is 41.9 Å². The van der Waals surface area contributed by atoms with Gasteiger partial charge in [-0.2, -0.15) is 0 Å². The summed E-state index contributed by atoms with van der Waals surface area (Å²) in [6, 6.07) is 8.81. The second-order valence-corrected chi connectivity index (χ2v) is 22.1. The Labute approximate surface area is 316 Å². The SMILES string of the molecule is Cc1cc(CC(=O)OCC2C3C=CC(C3)C2COC(=O)Cc2cc(-c3ccc(C(C)(C)C)s3)sc2C(C)(C)C)c(C2=CC(C(C)(C)C)CS2)s1. The van der Waals surface area contributed by atoms with Crippen molar-refractivity contribution in [2.75, 3.05) is 19.0 Å². The number of rotatable bonds is 10. The molecule has 5 unspecified atom stereocenters. The average molecular weight is 751 g/mol. The summed E-state index contributed by atoms with van der Waals surface area (Å²) in [5.74, 6) is 2.31. The molecule has 1 saturated carbocycles. The zero-order chi connectivity index (χ0) is 36.2. The van der Waals surface area contributed by atoms with Crippen molar-refractivity contribution in [1.82, 2.24) is 0 Å². The van der Waals surface area contributed by atoms with Gasteiger partial charge >= 0.3 is 11.9 Å². The maximum atomic E-state index is 13.4. The molecule has 1 fully saturated rings. The third-order valence-corrected chi connectivity index (χ3v) is 16.2. The zero-order valence-electron chi connectivity index (χ0n) is 31.4. The van der Waals surface area contributed by atoms with Crippen molar-refractivity contribution >= 4 is 62.6 Å². The van der Waals surface area contributed by atoms with Crippen LogP contribution in [-0.4, -0.2) is 30.9 Å². The van der Waals surface area contributed by atoms with Gasteiger partial charge in [-0.25, -0.2) is 0 Å². The van der Waals surface area contributed by atoms with Crippen molar-refractivity contribution in [3.63, 3.8) is 0 Å². The van der Waals surface area contributed by atoms with Gasteiger partial charge in [0.25, 0.3) is 0 Å². The molecule has 3 aliphatic rings. The summed E-state index contributed by atoms with van der Waals surface area (Å²) in [5, 5.41) is 0. The van der Waals surface area contributed by atoms with Gasteiger partial charge in [0.1, 0.15) is 0 Å². The number of allylic oxidation sites excluding steroid dienone is 3. The Morgan fingerprint density at radius 2 is 1.38 bits per heavy atom. The van der Waals surface area contributed by atoms with E-state index in [1.54, 1.807) is 22.7 Å². The van der Waals surface area contributed by atoms with E-state index in [2.05, 4.69) is 112 Å². The minimum absolute atomic E-state index is 0.0722. The minimum Gasteiger partial charge on any atom is -0.465 e. The quantitative estimate of drug-likeness (QED) is 0.153. The van der Waals surface area contributed by atoms with E-state index in [4.69, 9.17) is 9.47 Å². The standard InChI is InChI=1S/C42H54O4S4/c1-24-15-27(38(48-24)34-20-29(23-47-34)40(2,3)4)18-36(43)45-21-30-25-11-12-26(16-25)31(30)22-46-37(44)19-28-17-33(50-39(28)42(8,9)10)32-13-14-35(49-32)41(5,6)7/h11-15,17,20,25-26,29-31H,16,18-19,21-23H2,1-10H3. The van der Waals surface area contributed by atoms with Gasteiger partial charge in [0.2, 0.25) is 0 Å². The lowest BCUT2D eigenvalue weighted by molar-refractivity contribution is -0.149. The van der Waals surface area contributed by atoms with Crippen LogP contribution in [0.3, 0.4) is 0 Å². The molecule has 50 heavy (non-hydrogen) atoms. The topological polar surface area (TPSA) is 52.6 Å². The van der Waals surface area contributed by atoms with Crippen LogP contribution in [0.2, 0.25) is 0 Å². The molecule has 4 nitrogen and oxygen atoms in total. The van der Waals surface area contributed by atoms with Gasteiger partial charge in [-0.3, -0.25) is 9.59 Å². The Balaban J connectivity index is 1.07. The number of aryl methyl sites for hydroxylation is 1. The summed E-state index contributed by atoms with van der Waals surface area (Å²) >= 11 is 7.33. The molecule has 0 N–H and O–H groups in total. The van der Waals surface area contributed by atoms with Crippen LogP contribution < -0.4 is 0 Å². The molecule has 6 rings (SSSR count). The lowest BCUT2D eigenvalue weighted by Gasteiger charge is -2.27. The van der Waals surface area contributed by atoms with Gasteiger partial charge in [0.15, 0.2) is 0 Å². The number of ether oxygens (including phenoxy) is 2. The molecule has 5 atom stereocenters. The van der Waals surface area contributed by atoms with Gasteiger partial charge in [-0.15, -0.1) is 45.8 Å². The molecule has 2 aliphatic carbocycles. The smallest absolute Gasteiger partial charge is 0.310 e. The number of hydrogen-bond donors (Lipinski definition) is 0. The van der Waals surface area contributed by atoms with Crippen molar-refractivity contribution in [2.45, 2.75) is 99.3 Å². The fourth-order valence-electron chi connectivity index (χ4n) is 7.51. The highest BCUT2D eigenvalue weighted by molar-refractivity contribution is 8.08. The number of thioether (sulfide) groups is 1. The predicted octanol–water partition coefficient (Wildman–Crippen LogP) is 11.5. The Morgan fingerprint density at radius 1 is 0.760 bits per heavy atom. The van der Waals surface area contributed by atoms with Crippen LogP contribution in [0.1, 0.15) is 99.4 Å². The first-order chi connectivity index (χ1) is 23.4. The van der Waals surface area contributed by atoms with E-state index in [0.29, 0.717) is 31.0 Å². The van der Waals surface area contributed by atoms with Crippen LogP contribution >= 0.6 is 45.8 Å². The van der Waals surface area contributed by atoms with Gasteiger partial charge in [0, 0.05) is 51.8 Å². The van der Waals surface area contributed by atoms with E-state index in [1.807, 2.05) is 23.1 Å². The Kier molecular flexibility index (Phi) is 10.8. The molecule has 0 spiro atoms. The number of fused-ring (bicyclic) bond motifs is 2. The predicted molar refractivity (Wildman–Crippen MR) is 215 cm³/mol. The van der Waals surface area contributed by atoms with Crippen molar-refractivity contribution in [2.24, 2.45) is 35.0 Å². The largest absolute Gasteiger partial charge is 0.465 e. The fourth-order valence-corrected chi connectivity index (χ4v) is 12.6. The number of carbonyl (C=O) groups is 2. The lowest BCUT2D eigenvalue weighted by Crippen LogP contribution is -2.30. The van der Waals surface area contributed by atoms with Crippen molar-refractivity contribution in [3.8, 4) is 9.75 Å². The summed E-state index contributed by atoms with van der Waals surface area (Å²) in [4.78, 5) is 35.5. The Hall–Kier alpha value is -2.13. The number of thiophene rings is 3. The van der Waals surface area contributed by atoms with Crippen LogP contribution in [0.5, 0.6) is 0 Å². The third-order valence-electron chi connectivity index (χ3n) is 10.5. The van der Waals surface area contributed by atoms with E-state index >= 15 is 0 Å². The fraction of sp³-hybridized carbons (Fsp3) is 0.571. The number of carbonyl (C=O) groups excluding carboxylic acids is 2. The van der Waals surface area contributed by atoms with E-state index < -0.39 is 0 Å². The summed E-state index contributed by atoms with van der Waals surface area (Å²) < 4.78 is 12.0. The first-order valence-electron chi connectivity index (χ1n) is 18.0. The molecule has 1 aliphatic heterocycles. The highest BCUT2D eigenvalue weighted by atomic mass is 32.2. The van der Waals surface area contributed by atoms with Crippen LogP contribution in [-0.2, 0) is 42.7 Å². The van der Waals surface area contributed by atoms with Gasteiger partial charge in [0.05, 0.1) is 26.1 Å². The minimum atomic E-state index is -0.183. The second kappa shape index (κ2) is 14.4. The normalized spacial score (nSPS) is 23.5. The zero-order valence-corrected chi connectivity index (χ0v) is 34.7. The van der Waals surface area contributed by atoms with E-state index in [-0.39, 0.29) is 52.9 Å². The summed E-state index contributed by atoms with van der Waals surface area (Å²) in [5.41, 5.74) is 2.40. The van der Waals surface area contributed by atoms with Gasteiger partial charge < -0.3 is 9.47 Å². The average Bonchev–Trinajstić information content (AvgIpc) is 3.84. The molecular weight excluding hydrogens is 697 g/mol. The van der Waals surface area contributed by atoms with E-state index in [9.17, 15) is 9.59 Å². The van der Waals surface area contributed by atoms with Gasteiger partial charge in [-0.05, 0) is 82.7 Å². The molecule has 0 aromatic carbocycles. The van der Waals surface area contributed by atoms with Crippen LogP contribution in [0.15, 0.2) is 42.5 Å². The lowest BCUT2D eigenvalue weighted by atomic mass is 9.82. The van der Waals surface area contributed by atoms with E-state index in [0.717, 1.165) is 23.3 Å². The molecule has 8 heteroatoms. The van der Waals surface area contributed by atoms with Crippen molar-refractivity contribution in [1.29, 1.82) is 0 Å². The maximum absolute atomic E-state index is 13.4. The molecule has 270 valence electrons. The highest BCUT2D eigenvalue weighted by Gasteiger charge is 2.45. The molecule has 3 aromatic heterocycles. The number of hydrogen-bond acceptors (Lipinski definition) is 8. The summed E-state index contributed by atoms with van der Waals surface area (Å²) in [6.45, 7) is 23.1. The Morgan fingerprint density at radius 3 is 1.92 bits per heavy atom. The monoisotopic (exact) mass is 750 g/mol. The molecule has 2 bridgehead atoms. The highest BCUT2D eigenvalue weighted by Crippen LogP contribution is 2.49. The van der Waals surface area contributed by atoms with Crippen molar-refractivity contribution < 1.29 is 19.1 Å². The Bertz CT molecular complexity index is 1780. The first kappa shape index (κ1) is 37.6. The second-order valence-electron chi connectivity index (χ2n) is 17.7. The van der Waals surface area contributed by atoms with Gasteiger partial charge in [-0.1, -0.05) is 80.5 Å². The summed E-state index contributed by atoms with van der Waals surface area (Å²) in [7, 11) is 0. The first-order valence-corrected chi connectivity index (χ1v) is 21.5. The van der Waals surface area contributed by atoms with Crippen molar-refractivity contribution in [3.05, 3.63) is 73.1 Å².